The minimum absolute atomic E-state index is 0.0353. The van der Waals surface area contributed by atoms with Gasteiger partial charge in [0.2, 0.25) is 0 Å². The average Bonchev–Trinajstić information content (AvgIpc) is 2.47. The van der Waals surface area contributed by atoms with E-state index in [1.54, 1.807) is 20.8 Å². The Balaban J connectivity index is 2.62. The van der Waals surface area contributed by atoms with Gasteiger partial charge in [-0.2, -0.15) is 0 Å². The first-order chi connectivity index (χ1) is 10.8. The molecule has 1 heterocycles. The molecule has 0 aromatic carbocycles. The first-order valence-electron chi connectivity index (χ1n) is 6.95. The van der Waals surface area contributed by atoms with Crippen LogP contribution >= 0.6 is 8.18 Å². The third kappa shape index (κ3) is 5.67. The highest BCUT2D eigenvalue weighted by Crippen LogP contribution is 2.26. The lowest BCUT2D eigenvalue weighted by molar-refractivity contribution is -0.149. The molecule has 2 atom stereocenters. The van der Waals surface area contributed by atoms with Gasteiger partial charge in [0, 0.05) is 11.8 Å². The van der Waals surface area contributed by atoms with Crippen molar-refractivity contribution in [2.24, 2.45) is 0 Å². The fraction of sp³-hybridized carbons (Fsp3) is 0.500. The first kappa shape index (κ1) is 19.2. The van der Waals surface area contributed by atoms with E-state index in [4.69, 9.17) is 9.26 Å². The van der Waals surface area contributed by atoms with Gasteiger partial charge in [-0.05, 0) is 32.3 Å². The zero-order chi connectivity index (χ0) is 17.6. The Morgan fingerprint density at radius 1 is 1.48 bits per heavy atom. The van der Waals surface area contributed by atoms with Crippen LogP contribution in [0.15, 0.2) is 6.20 Å². The summed E-state index contributed by atoms with van der Waals surface area (Å²) in [6, 6.07) is -0.809. The first-order valence-corrected chi connectivity index (χ1v) is 8.13. The number of aryl methyl sites for hydroxylation is 1. The number of pyridine rings is 1. The predicted octanol–water partition coefficient (Wildman–Crippen LogP) is 2.01. The molecule has 0 saturated heterocycles. The van der Waals surface area contributed by atoms with Gasteiger partial charge in [-0.15, -0.1) is 4.52 Å². The summed E-state index contributed by atoms with van der Waals surface area (Å²) < 4.78 is 21.8. The summed E-state index contributed by atoms with van der Waals surface area (Å²) in [6.45, 7) is 6.26. The van der Waals surface area contributed by atoms with Gasteiger partial charge < -0.3 is 9.84 Å². The molecule has 8 nitrogen and oxygen atoms in total. The lowest BCUT2D eigenvalue weighted by Crippen LogP contribution is -2.32. The van der Waals surface area contributed by atoms with Gasteiger partial charge in [0.05, 0.1) is 17.4 Å². The summed E-state index contributed by atoms with van der Waals surface area (Å²) >= 11 is 0. The fourth-order valence-electron chi connectivity index (χ4n) is 1.61. The van der Waals surface area contributed by atoms with Gasteiger partial charge in [-0.25, -0.2) is 0 Å². The van der Waals surface area contributed by atoms with Crippen LogP contribution < -0.4 is 5.09 Å². The molecule has 23 heavy (non-hydrogen) atoms. The normalized spacial score (nSPS) is 12.8. The van der Waals surface area contributed by atoms with E-state index in [9.17, 15) is 19.3 Å². The average molecular weight is 343 g/mol. The topological polar surface area (TPSA) is 115 Å². The Bertz CT molecular complexity index is 605. The quantitative estimate of drug-likeness (QED) is 0.418. The summed E-state index contributed by atoms with van der Waals surface area (Å²) in [5.74, 6) is -0.784. The summed E-state index contributed by atoms with van der Waals surface area (Å²) in [7, 11) is -2.36. The molecule has 1 rings (SSSR count). The van der Waals surface area contributed by atoms with E-state index in [1.807, 2.05) is 0 Å². The smallest absolute Gasteiger partial charge is 0.505 e. The number of carbonyl (C=O) groups excluding carboxylic acids is 2. The lowest BCUT2D eigenvalue weighted by atomic mass is 10.1. The van der Waals surface area contributed by atoms with E-state index >= 15 is 0 Å². The zero-order valence-electron chi connectivity index (χ0n) is 13.4. The van der Waals surface area contributed by atoms with E-state index in [-0.39, 0.29) is 24.0 Å². The fourth-order valence-corrected chi connectivity index (χ4v) is 2.36. The van der Waals surface area contributed by atoms with Gasteiger partial charge >= 0.3 is 14.1 Å². The third-order valence-corrected chi connectivity index (χ3v) is 3.78. The van der Waals surface area contributed by atoms with Crippen molar-refractivity contribution in [1.29, 1.82) is 0 Å². The molecule has 9 heteroatoms. The molecule has 126 valence electrons. The minimum Gasteiger partial charge on any atom is -0.505 e. The minimum atomic E-state index is -2.36. The number of nitrogens with one attached hydrogen (secondary N) is 1. The molecule has 0 fully saturated rings. The second-order valence-electron chi connectivity index (χ2n) is 5.12. The van der Waals surface area contributed by atoms with Crippen molar-refractivity contribution in [2.45, 2.75) is 46.4 Å². The number of esters is 1. The molecule has 0 saturated carbocycles. The van der Waals surface area contributed by atoms with Crippen LogP contribution in [0.1, 0.15) is 42.4 Å². The Morgan fingerprint density at radius 3 is 2.70 bits per heavy atom. The SMILES string of the molecule is Cc1ncc(CO[P+](=O)N[C@@H](C)C(=O)OC(C)C)c(C=O)c1O. The summed E-state index contributed by atoms with van der Waals surface area (Å²) in [5.41, 5.74) is 0.641. The molecule has 2 N–H and O–H groups in total. The highest BCUT2D eigenvalue weighted by Gasteiger charge is 2.28. The maximum atomic E-state index is 11.8. The van der Waals surface area contributed by atoms with Gasteiger partial charge in [-0.3, -0.25) is 14.6 Å². The van der Waals surface area contributed by atoms with Crippen LogP contribution in [0.3, 0.4) is 0 Å². The van der Waals surface area contributed by atoms with Crippen LogP contribution in [0.5, 0.6) is 5.75 Å². The Hall–Kier alpha value is -1.89. The van der Waals surface area contributed by atoms with E-state index < -0.39 is 20.2 Å². The molecule has 0 spiro atoms. The van der Waals surface area contributed by atoms with Crippen LogP contribution in [0.2, 0.25) is 0 Å². The number of aldehydes is 1. The number of carbonyl (C=O) groups is 2. The van der Waals surface area contributed by atoms with Crippen LogP contribution in [-0.4, -0.2) is 34.5 Å². The van der Waals surface area contributed by atoms with Crippen molar-refractivity contribution in [3.05, 3.63) is 23.0 Å². The number of rotatable bonds is 8. The molecular weight excluding hydrogens is 323 g/mol. The third-order valence-electron chi connectivity index (χ3n) is 2.82. The van der Waals surface area contributed by atoms with Crippen molar-refractivity contribution in [2.75, 3.05) is 0 Å². The van der Waals surface area contributed by atoms with E-state index in [0.29, 0.717) is 17.5 Å². The van der Waals surface area contributed by atoms with Crippen LogP contribution in [0, 0.1) is 6.92 Å². The summed E-state index contributed by atoms with van der Waals surface area (Å²) in [5, 5.41) is 12.2. The monoisotopic (exact) mass is 343 g/mol. The Kier molecular flexibility index (Phi) is 7.22. The molecule has 0 radical (unpaired) electrons. The van der Waals surface area contributed by atoms with Crippen LogP contribution in [0.4, 0.5) is 0 Å². The molecule has 1 aromatic heterocycles. The number of nitrogens with zero attached hydrogens (tertiary/aromatic N) is 1. The maximum absolute atomic E-state index is 11.8. The number of hydrogen-bond donors (Lipinski definition) is 2. The van der Waals surface area contributed by atoms with E-state index in [2.05, 4.69) is 10.1 Å². The van der Waals surface area contributed by atoms with Crippen LogP contribution in [-0.2, 0) is 25.2 Å². The van der Waals surface area contributed by atoms with Gasteiger partial charge in [0.1, 0.15) is 18.4 Å². The summed E-state index contributed by atoms with van der Waals surface area (Å²) in [4.78, 5) is 26.5. The number of aromatic hydroxyl groups is 1. The second-order valence-corrected chi connectivity index (χ2v) is 6.15. The zero-order valence-corrected chi connectivity index (χ0v) is 14.3. The number of ether oxygens (including phenoxy) is 1. The van der Waals surface area contributed by atoms with Gasteiger partial charge in [0.25, 0.3) is 0 Å². The van der Waals surface area contributed by atoms with E-state index in [0.717, 1.165) is 0 Å². The highest BCUT2D eigenvalue weighted by atomic mass is 31.1. The molecule has 0 aliphatic heterocycles. The second kappa shape index (κ2) is 8.67. The van der Waals surface area contributed by atoms with Crippen molar-refractivity contribution in [3.63, 3.8) is 0 Å². The Morgan fingerprint density at radius 2 is 2.13 bits per heavy atom. The predicted molar refractivity (Wildman–Crippen MR) is 82.2 cm³/mol. The summed E-state index contributed by atoms with van der Waals surface area (Å²) in [6.07, 6.45) is 1.56. The highest BCUT2D eigenvalue weighted by molar-refractivity contribution is 7.36. The largest absolute Gasteiger partial charge is 0.614 e. The van der Waals surface area contributed by atoms with Crippen molar-refractivity contribution in [1.82, 2.24) is 10.1 Å². The molecule has 1 aromatic rings. The molecular formula is C14H20N2O6P+. The standard InChI is InChI=1S/C14H19N2O6P/c1-8(2)22-14(19)10(4)16-23(20)21-7-11-5-15-9(3)13(18)12(11)6-17/h5-6,8,10H,7H2,1-4H3,(H-,16,17,18,20)/p+1/t10-/m0/s1. The van der Waals surface area contributed by atoms with Crippen LogP contribution in [0.25, 0.3) is 0 Å². The lowest BCUT2D eigenvalue weighted by Gasteiger charge is -2.10. The molecule has 0 amide bonds. The van der Waals surface area contributed by atoms with Crippen molar-refractivity contribution < 1.29 is 28.5 Å². The van der Waals surface area contributed by atoms with Gasteiger partial charge in [-0.1, -0.05) is 5.09 Å². The molecule has 0 aliphatic rings. The van der Waals surface area contributed by atoms with Crippen molar-refractivity contribution in [3.8, 4) is 5.75 Å². The molecule has 0 bridgehead atoms. The number of hydrogen-bond acceptors (Lipinski definition) is 7. The number of aromatic nitrogens is 1. The molecule has 0 aliphatic carbocycles. The van der Waals surface area contributed by atoms with Gasteiger partial charge in [0.15, 0.2) is 6.29 Å². The Labute approximate surface area is 135 Å². The maximum Gasteiger partial charge on any atom is 0.614 e. The van der Waals surface area contributed by atoms with Crippen molar-refractivity contribution >= 4 is 20.4 Å². The van der Waals surface area contributed by atoms with E-state index in [1.165, 1.54) is 13.1 Å². The molecule has 1 unspecified atom stereocenters.